The summed E-state index contributed by atoms with van der Waals surface area (Å²) in [5, 5.41) is 6.95. The Morgan fingerprint density at radius 1 is 1.32 bits per heavy atom. The van der Waals surface area contributed by atoms with Gasteiger partial charge in [-0.15, -0.1) is 0 Å². The van der Waals surface area contributed by atoms with E-state index in [9.17, 15) is 0 Å². The zero-order chi connectivity index (χ0) is 13.5. The molecule has 0 saturated carbocycles. The van der Waals surface area contributed by atoms with Crippen molar-refractivity contribution in [2.24, 2.45) is 0 Å². The van der Waals surface area contributed by atoms with Gasteiger partial charge >= 0.3 is 0 Å². The molecule has 0 saturated heterocycles. The molecule has 0 radical (unpaired) electrons. The summed E-state index contributed by atoms with van der Waals surface area (Å²) in [6, 6.07) is 0. The number of anilines is 1. The van der Waals surface area contributed by atoms with E-state index in [0.29, 0.717) is 16.1 Å². The number of rotatable bonds is 4. The van der Waals surface area contributed by atoms with Crippen molar-refractivity contribution in [2.75, 3.05) is 11.9 Å². The lowest BCUT2D eigenvalue weighted by Crippen LogP contribution is -2.30. The zero-order valence-corrected chi connectivity index (χ0v) is 12.2. The van der Waals surface area contributed by atoms with Gasteiger partial charge in [-0.2, -0.15) is 0 Å². The first kappa shape index (κ1) is 14.2. The Bertz CT molecular complexity index is 475. The van der Waals surface area contributed by atoms with E-state index in [0.717, 1.165) is 13.0 Å². The molecule has 1 aromatic rings. The highest BCUT2D eigenvalue weighted by atomic mass is 35.5. The molecule has 1 aromatic heterocycles. The van der Waals surface area contributed by atoms with Crippen LogP contribution in [-0.2, 0) is 0 Å². The molecule has 0 unspecified atom stereocenters. The lowest BCUT2D eigenvalue weighted by atomic mass is 9.97. The van der Waals surface area contributed by atoms with E-state index in [2.05, 4.69) is 26.7 Å². The quantitative estimate of drug-likeness (QED) is 0.659. The first-order valence-corrected chi connectivity index (χ1v) is 7.23. The number of nitrogens with one attached hydrogen (secondary N) is 2. The van der Waals surface area contributed by atoms with Gasteiger partial charge in [0.2, 0.25) is 0 Å². The fourth-order valence-corrected chi connectivity index (χ4v) is 2.38. The smallest absolute Gasteiger partial charge is 0.172 e. The van der Waals surface area contributed by atoms with E-state index >= 15 is 0 Å². The number of hydrogen-bond donors (Lipinski definition) is 2. The van der Waals surface area contributed by atoms with Crippen molar-refractivity contribution < 1.29 is 0 Å². The van der Waals surface area contributed by atoms with E-state index in [1.807, 2.05) is 0 Å². The molecule has 0 fully saturated rings. The maximum absolute atomic E-state index is 5.89. The number of aromatic nitrogens is 2. The third-order valence-electron chi connectivity index (χ3n) is 3.00. The van der Waals surface area contributed by atoms with Gasteiger partial charge in [-0.1, -0.05) is 23.3 Å². The number of thiocarbonyl (C=S) groups is 1. The summed E-state index contributed by atoms with van der Waals surface area (Å²) < 4.78 is 0. The second-order valence-electron chi connectivity index (χ2n) is 4.43. The minimum atomic E-state index is 0.321. The van der Waals surface area contributed by atoms with Crippen molar-refractivity contribution in [3.8, 4) is 0 Å². The minimum Gasteiger partial charge on any atom is -0.362 e. The van der Waals surface area contributed by atoms with Gasteiger partial charge in [0.05, 0.1) is 0 Å². The maximum atomic E-state index is 5.89. The van der Waals surface area contributed by atoms with Crippen LogP contribution in [0.2, 0.25) is 5.15 Å². The fourth-order valence-electron chi connectivity index (χ4n) is 2.02. The standard InChI is InChI=1S/C13H17ClN4S/c14-11-12(16-9-8-15-11)18-13(19)17-7-6-10-4-2-1-3-5-10/h4,8-9H,1-3,5-7H2,(H2,16,17,18,19). The van der Waals surface area contributed by atoms with Crippen molar-refractivity contribution in [1.29, 1.82) is 0 Å². The Balaban J connectivity index is 1.73. The molecule has 0 bridgehead atoms. The average Bonchev–Trinajstić information content (AvgIpc) is 2.43. The number of halogens is 1. The average molecular weight is 297 g/mol. The Kier molecular flexibility index (Phi) is 5.54. The zero-order valence-electron chi connectivity index (χ0n) is 10.7. The molecule has 19 heavy (non-hydrogen) atoms. The lowest BCUT2D eigenvalue weighted by molar-refractivity contribution is 0.669. The van der Waals surface area contributed by atoms with Crippen LogP contribution in [0.3, 0.4) is 0 Å². The second kappa shape index (κ2) is 7.40. The van der Waals surface area contributed by atoms with Gasteiger partial charge < -0.3 is 10.6 Å². The van der Waals surface area contributed by atoms with Crippen molar-refractivity contribution in [2.45, 2.75) is 32.1 Å². The Morgan fingerprint density at radius 2 is 2.16 bits per heavy atom. The van der Waals surface area contributed by atoms with Gasteiger partial charge in [-0.3, -0.25) is 0 Å². The predicted molar refractivity (Wildman–Crippen MR) is 82.4 cm³/mol. The first-order chi connectivity index (χ1) is 9.25. The minimum absolute atomic E-state index is 0.321. The highest BCUT2D eigenvalue weighted by Crippen LogP contribution is 2.19. The summed E-state index contributed by atoms with van der Waals surface area (Å²) in [4.78, 5) is 8.00. The summed E-state index contributed by atoms with van der Waals surface area (Å²) in [6.45, 7) is 0.829. The molecule has 0 atom stereocenters. The van der Waals surface area contributed by atoms with Crippen LogP contribution in [0.1, 0.15) is 32.1 Å². The molecule has 6 heteroatoms. The van der Waals surface area contributed by atoms with Crippen molar-refractivity contribution in [3.05, 3.63) is 29.2 Å². The van der Waals surface area contributed by atoms with E-state index in [4.69, 9.17) is 23.8 Å². The molecule has 1 aliphatic carbocycles. The topological polar surface area (TPSA) is 49.8 Å². The van der Waals surface area contributed by atoms with E-state index in [-0.39, 0.29) is 0 Å². The van der Waals surface area contributed by atoms with Crippen LogP contribution in [0, 0.1) is 0 Å². The molecule has 0 amide bonds. The fraction of sp³-hybridized carbons (Fsp3) is 0.462. The van der Waals surface area contributed by atoms with Crippen LogP contribution in [0.15, 0.2) is 24.0 Å². The van der Waals surface area contributed by atoms with Crippen LogP contribution in [-0.4, -0.2) is 21.6 Å². The van der Waals surface area contributed by atoms with Gasteiger partial charge in [0.15, 0.2) is 16.1 Å². The lowest BCUT2D eigenvalue weighted by Gasteiger charge is -2.14. The largest absolute Gasteiger partial charge is 0.362 e. The summed E-state index contributed by atoms with van der Waals surface area (Å²) in [6.07, 6.45) is 11.6. The second-order valence-corrected chi connectivity index (χ2v) is 5.20. The van der Waals surface area contributed by atoms with Crippen LogP contribution in [0.5, 0.6) is 0 Å². The number of allylic oxidation sites excluding steroid dienone is 1. The van der Waals surface area contributed by atoms with Gasteiger partial charge in [-0.05, 0) is 44.3 Å². The summed E-state index contributed by atoms with van der Waals surface area (Å²) in [5.74, 6) is 0.485. The normalized spacial score (nSPS) is 14.7. The molecule has 1 heterocycles. The SMILES string of the molecule is S=C(NCCC1=CCCCC1)Nc1nccnc1Cl. The van der Waals surface area contributed by atoms with Crippen LogP contribution in [0.4, 0.5) is 5.82 Å². The Hall–Kier alpha value is -1.20. The predicted octanol–water partition coefficient (Wildman–Crippen LogP) is 3.31. The number of nitrogens with zero attached hydrogens (tertiary/aromatic N) is 2. The van der Waals surface area contributed by atoms with Gasteiger partial charge in [0.25, 0.3) is 0 Å². The maximum Gasteiger partial charge on any atom is 0.172 e. The molecular formula is C13H17ClN4S. The summed E-state index contributed by atoms with van der Waals surface area (Å²) in [5.41, 5.74) is 1.53. The molecular weight excluding hydrogens is 280 g/mol. The molecule has 0 spiro atoms. The monoisotopic (exact) mass is 296 g/mol. The molecule has 0 aliphatic heterocycles. The van der Waals surface area contributed by atoms with Gasteiger partial charge in [0.1, 0.15) is 0 Å². The van der Waals surface area contributed by atoms with E-state index in [1.165, 1.54) is 31.3 Å². The van der Waals surface area contributed by atoms with E-state index in [1.54, 1.807) is 12.4 Å². The van der Waals surface area contributed by atoms with Crippen LogP contribution in [0.25, 0.3) is 0 Å². The van der Waals surface area contributed by atoms with Crippen molar-refractivity contribution >= 4 is 34.7 Å². The molecule has 0 aromatic carbocycles. The van der Waals surface area contributed by atoms with Gasteiger partial charge in [0, 0.05) is 18.9 Å². The summed E-state index contributed by atoms with van der Waals surface area (Å²) in [7, 11) is 0. The highest BCUT2D eigenvalue weighted by Gasteiger charge is 2.06. The van der Waals surface area contributed by atoms with Gasteiger partial charge in [-0.25, -0.2) is 9.97 Å². The molecule has 4 nitrogen and oxygen atoms in total. The van der Waals surface area contributed by atoms with Crippen LogP contribution >= 0.6 is 23.8 Å². The highest BCUT2D eigenvalue weighted by molar-refractivity contribution is 7.80. The van der Waals surface area contributed by atoms with Crippen LogP contribution < -0.4 is 10.6 Å². The van der Waals surface area contributed by atoms with Crippen molar-refractivity contribution in [1.82, 2.24) is 15.3 Å². The number of hydrogen-bond acceptors (Lipinski definition) is 3. The molecule has 1 aliphatic rings. The summed E-state index contributed by atoms with van der Waals surface area (Å²) >= 11 is 11.1. The van der Waals surface area contributed by atoms with Crippen molar-refractivity contribution in [3.63, 3.8) is 0 Å². The molecule has 2 rings (SSSR count). The van der Waals surface area contributed by atoms with E-state index < -0.39 is 0 Å². The Morgan fingerprint density at radius 3 is 2.89 bits per heavy atom. The third-order valence-corrected chi connectivity index (χ3v) is 3.53. The molecule has 102 valence electrons. The molecule has 2 N–H and O–H groups in total. The third kappa shape index (κ3) is 4.76. The Labute approximate surface area is 123 Å². The first-order valence-electron chi connectivity index (χ1n) is 6.45.